The lowest BCUT2D eigenvalue weighted by atomic mass is 10.1. The second-order valence-electron chi connectivity index (χ2n) is 3.88. The first-order valence-corrected chi connectivity index (χ1v) is 5.82. The third-order valence-corrected chi connectivity index (χ3v) is 2.48. The van der Waals surface area contributed by atoms with Gasteiger partial charge in [-0.15, -0.1) is 0 Å². The molecule has 0 fully saturated rings. The van der Waals surface area contributed by atoms with Crippen molar-refractivity contribution < 1.29 is 9.13 Å². The van der Waals surface area contributed by atoms with Gasteiger partial charge in [0.15, 0.2) is 11.6 Å². The summed E-state index contributed by atoms with van der Waals surface area (Å²) >= 11 is 0. The van der Waals surface area contributed by atoms with E-state index in [4.69, 9.17) is 10.00 Å². The summed E-state index contributed by atoms with van der Waals surface area (Å²) in [5.74, 6) is 0.231. The van der Waals surface area contributed by atoms with E-state index in [0.717, 1.165) is 0 Å². The number of hydrogen-bond donors (Lipinski definition) is 0. The summed E-state index contributed by atoms with van der Waals surface area (Å²) in [6.07, 6.45) is 0. The van der Waals surface area contributed by atoms with Gasteiger partial charge < -0.3 is 4.74 Å². The van der Waals surface area contributed by atoms with Crippen LogP contribution in [-0.2, 0) is 0 Å². The van der Waals surface area contributed by atoms with Gasteiger partial charge in [0.2, 0.25) is 0 Å². The van der Waals surface area contributed by atoms with E-state index in [2.05, 4.69) is 9.97 Å². The fourth-order valence-corrected chi connectivity index (χ4v) is 1.71. The molecule has 0 unspecified atom stereocenters. The Morgan fingerprint density at radius 2 is 2.11 bits per heavy atom. The van der Waals surface area contributed by atoms with Crippen LogP contribution in [0.1, 0.15) is 18.4 Å². The maximum atomic E-state index is 13.8. The SMILES string of the molecule is CCOc1ccc(-c2cc(C#N)nc(C)n2)cc1F. The molecule has 0 saturated carbocycles. The number of nitrogens with zero attached hydrogens (tertiary/aromatic N) is 3. The molecule has 0 spiro atoms. The van der Waals surface area contributed by atoms with Crippen molar-refractivity contribution in [3.63, 3.8) is 0 Å². The van der Waals surface area contributed by atoms with Gasteiger partial charge in [-0.1, -0.05) is 0 Å². The number of aromatic nitrogens is 2. The molecule has 0 aliphatic heterocycles. The Labute approximate surface area is 110 Å². The van der Waals surface area contributed by atoms with Crippen LogP contribution in [0, 0.1) is 24.1 Å². The number of hydrogen-bond acceptors (Lipinski definition) is 4. The van der Waals surface area contributed by atoms with Crippen molar-refractivity contribution in [2.45, 2.75) is 13.8 Å². The summed E-state index contributed by atoms with van der Waals surface area (Å²) < 4.78 is 18.9. The molecule has 0 saturated heterocycles. The van der Waals surface area contributed by atoms with Gasteiger partial charge in [-0.05, 0) is 32.0 Å². The maximum absolute atomic E-state index is 13.8. The van der Waals surface area contributed by atoms with E-state index in [-0.39, 0.29) is 11.4 Å². The first-order valence-electron chi connectivity index (χ1n) is 5.82. The first-order chi connectivity index (χ1) is 9.13. The Morgan fingerprint density at radius 3 is 2.74 bits per heavy atom. The molecule has 1 heterocycles. The van der Waals surface area contributed by atoms with E-state index in [1.54, 1.807) is 26.0 Å². The molecule has 1 aromatic carbocycles. The Balaban J connectivity index is 2.45. The highest BCUT2D eigenvalue weighted by Gasteiger charge is 2.08. The average Bonchev–Trinajstić information content (AvgIpc) is 2.40. The topological polar surface area (TPSA) is 58.8 Å². The fourth-order valence-electron chi connectivity index (χ4n) is 1.71. The van der Waals surface area contributed by atoms with Crippen LogP contribution in [-0.4, -0.2) is 16.6 Å². The minimum Gasteiger partial charge on any atom is -0.491 e. The molecule has 5 heteroatoms. The van der Waals surface area contributed by atoms with E-state index in [9.17, 15) is 4.39 Å². The van der Waals surface area contributed by atoms with Gasteiger partial charge in [-0.3, -0.25) is 0 Å². The quantitative estimate of drug-likeness (QED) is 0.848. The highest BCUT2D eigenvalue weighted by Crippen LogP contribution is 2.24. The van der Waals surface area contributed by atoms with E-state index < -0.39 is 5.82 Å². The van der Waals surface area contributed by atoms with Crippen molar-refractivity contribution in [1.82, 2.24) is 9.97 Å². The molecule has 1 aromatic heterocycles. The predicted molar refractivity (Wildman–Crippen MR) is 68.0 cm³/mol. The predicted octanol–water partition coefficient (Wildman–Crippen LogP) is 2.86. The van der Waals surface area contributed by atoms with Gasteiger partial charge in [-0.25, -0.2) is 14.4 Å². The van der Waals surface area contributed by atoms with E-state index in [1.807, 2.05) is 6.07 Å². The van der Waals surface area contributed by atoms with Crippen LogP contribution in [0.2, 0.25) is 0 Å². The monoisotopic (exact) mass is 257 g/mol. The number of aryl methyl sites for hydroxylation is 1. The van der Waals surface area contributed by atoms with Gasteiger partial charge in [-0.2, -0.15) is 5.26 Å². The Morgan fingerprint density at radius 1 is 1.32 bits per heavy atom. The molecule has 19 heavy (non-hydrogen) atoms. The smallest absolute Gasteiger partial charge is 0.165 e. The second-order valence-corrected chi connectivity index (χ2v) is 3.88. The fraction of sp³-hybridized carbons (Fsp3) is 0.214. The minimum atomic E-state index is -0.450. The van der Waals surface area contributed by atoms with Crippen LogP contribution < -0.4 is 4.74 Å². The molecule has 4 nitrogen and oxygen atoms in total. The van der Waals surface area contributed by atoms with Crippen LogP contribution in [0.3, 0.4) is 0 Å². The summed E-state index contributed by atoms with van der Waals surface area (Å²) in [6.45, 7) is 3.89. The Kier molecular flexibility index (Phi) is 3.71. The summed E-state index contributed by atoms with van der Waals surface area (Å²) in [5.41, 5.74) is 1.37. The van der Waals surface area contributed by atoms with E-state index in [0.29, 0.717) is 23.7 Å². The zero-order chi connectivity index (χ0) is 13.8. The van der Waals surface area contributed by atoms with Crippen LogP contribution in [0.4, 0.5) is 4.39 Å². The normalized spacial score (nSPS) is 10.0. The number of nitriles is 1. The van der Waals surface area contributed by atoms with Crippen molar-refractivity contribution in [2.24, 2.45) is 0 Å². The molecule has 0 bridgehead atoms. The number of halogens is 1. The molecular weight excluding hydrogens is 245 g/mol. The molecule has 96 valence electrons. The van der Waals surface area contributed by atoms with E-state index in [1.165, 1.54) is 12.1 Å². The van der Waals surface area contributed by atoms with Crippen LogP contribution >= 0.6 is 0 Å². The summed E-state index contributed by atoms with van der Waals surface area (Å²) in [5, 5.41) is 8.87. The molecule has 2 rings (SSSR count). The highest BCUT2D eigenvalue weighted by molar-refractivity contribution is 5.61. The Hall–Kier alpha value is -2.48. The van der Waals surface area contributed by atoms with Crippen LogP contribution in [0.25, 0.3) is 11.3 Å². The lowest BCUT2D eigenvalue weighted by molar-refractivity contribution is 0.321. The summed E-state index contributed by atoms with van der Waals surface area (Å²) in [6, 6.07) is 8.08. The lowest BCUT2D eigenvalue weighted by Crippen LogP contribution is -1.97. The molecule has 0 aliphatic carbocycles. The number of ether oxygens (including phenoxy) is 1. The van der Waals surface area contributed by atoms with Gasteiger partial charge >= 0.3 is 0 Å². The van der Waals surface area contributed by atoms with Crippen molar-refractivity contribution in [3.05, 3.63) is 41.6 Å². The van der Waals surface area contributed by atoms with Crippen molar-refractivity contribution in [2.75, 3.05) is 6.61 Å². The molecule has 0 N–H and O–H groups in total. The highest BCUT2D eigenvalue weighted by atomic mass is 19.1. The van der Waals surface area contributed by atoms with Crippen molar-refractivity contribution >= 4 is 0 Å². The third kappa shape index (κ3) is 2.86. The number of rotatable bonds is 3. The molecule has 0 aliphatic rings. The zero-order valence-corrected chi connectivity index (χ0v) is 10.6. The summed E-state index contributed by atoms with van der Waals surface area (Å²) in [4.78, 5) is 8.16. The average molecular weight is 257 g/mol. The molecular formula is C14H12FN3O. The van der Waals surface area contributed by atoms with Crippen molar-refractivity contribution in [1.29, 1.82) is 5.26 Å². The lowest BCUT2D eigenvalue weighted by Gasteiger charge is -2.07. The van der Waals surface area contributed by atoms with Gasteiger partial charge in [0.25, 0.3) is 0 Å². The van der Waals surface area contributed by atoms with Gasteiger partial charge in [0, 0.05) is 11.6 Å². The van der Waals surface area contributed by atoms with Crippen LogP contribution in [0.5, 0.6) is 5.75 Å². The van der Waals surface area contributed by atoms with Crippen LogP contribution in [0.15, 0.2) is 24.3 Å². The standard InChI is InChI=1S/C14H12FN3O/c1-3-19-14-5-4-10(6-12(14)15)13-7-11(8-16)17-9(2)18-13/h4-7H,3H2,1-2H3. The van der Waals surface area contributed by atoms with Gasteiger partial charge in [0.1, 0.15) is 17.6 Å². The van der Waals surface area contributed by atoms with E-state index >= 15 is 0 Å². The maximum Gasteiger partial charge on any atom is 0.165 e. The minimum absolute atomic E-state index is 0.206. The molecule has 0 atom stereocenters. The van der Waals surface area contributed by atoms with Crippen molar-refractivity contribution in [3.8, 4) is 23.1 Å². The largest absolute Gasteiger partial charge is 0.491 e. The zero-order valence-electron chi connectivity index (χ0n) is 10.6. The number of benzene rings is 1. The second kappa shape index (κ2) is 5.44. The summed E-state index contributed by atoms with van der Waals surface area (Å²) in [7, 11) is 0. The first kappa shape index (κ1) is 13.0. The Bertz CT molecular complexity index is 650. The van der Waals surface area contributed by atoms with Gasteiger partial charge in [0.05, 0.1) is 12.3 Å². The third-order valence-electron chi connectivity index (χ3n) is 2.48. The molecule has 2 aromatic rings. The molecule has 0 radical (unpaired) electrons. The molecule has 0 amide bonds.